The van der Waals surface area contributed by atoms with E-state index in [1.165, 1.54) is 19.2 Å². The summed E-state index contributed by atoms with van der Waals surface area (Å²) in [6.07, 6.45) is -10.3. The van der Waals surface area contributed by atoms with Crippen LogP contribution in [0.4, 0.5) is 13.2 Å². The molecule has 5 atom stereocenters. The van der Waals surface area contributed by atoms with E-state index in [4.69, 9.17) is 18.9 Å². The number of halogens is 3. The molecule has 0 saturated carbocycles. The lowest BCUT2D eigenvalue weighted by Crippen LogP contribution is -2.46. The Morgan fingerprint density at radius 2 is 1.43 bits per heavy atom. The first-order chi connectivity index (χ1) is 27.9. The Labute approximate surface area is 329 Å². The van der Waals surface area contributed by atoms with E-state index in [1.807, 2.05) is 30.3 Å². The lowest BCUT2D eigenvalue weighted by Gasteiger charge is -2.37. The molecule has 0 radical (unpaired) electrons. The number of methoxy groups -OCH3 is 1. The van der Waals surface area contributed by atoms with E-state index in [1.54, 1.807) is 66.7 Å². The highest BCUT2D eigenvalue weighted by atomic mass is 19.4. The fourth-order valence-electron chi connectivity index (χ4n) is 6.66. The van der Waals surface area contributed by atoms with Gasteiger partial charge < -0.3 is 33.9 Å². The zero-order chi connectivity index (χ0) is 41.5. The van der Waals surface area contributed by atoms with Gasteiger partial charge in [0.2, 0.25) is 0 Å². The normalized spacial score (nSPS) is 19.0. The number of ether oxygens (including phenoxy) is 5. The molecule has 5 aromatic rings. The second-order valence-corrected chi connectivity index (χ2v) is 13.2. The van der Waals surface area contributed by atoms with E-state index in [2.05, 4.69) is 4.74 Å². The first kappa shape index (κ1) is 41.7. The van der Waals surface area contributed by atoms with Crippen LogP contribution in [0.3, 0.4) is 0 Å². The van der Waals surface area contributed by atoms with Crippen LogP contribution in [0.1, 0.15) is 45.3 Å². The minimum Gasteiger partial charge on any atom is -0.497 e. The van der Waals surface area contributed by atoms with Gasteiger partial charge in [-0.25, -0.2) is 4.79 Å². The topological polar surface area (TPSA) is 165 Å². The molecular formula is C42H39F3N2O11. The number of aliphatic hydroxyl groups excluding tert-OH is 2. The minimum atomic E-state index is -4.76. The highest BCUT2D eigenvalue weighted by Crippen LogP contribution is 2.42. The highest BCUT2D eigenvalue weighted by Gasteiger charge is 2.48. The van der Waals surface area contributed by atoms with Crippen molar-refractivity contribution in [3.8, 4) is 5.75 Å². The van der Waals surface area contributed by atoms with Gasteiger partial charge in [-0.3, -0.25) is 19.0 Å². The minimum absolute atomic E-state index is 0.0334. The van der Waals surface area contributed by atoms with Crippen molar-refractivity contribution in [2.24, 2.45) is 0 Å². The van der Waals surface area contributed by atoms with Gasteiger partial charge in [0.15, 0.2) is 12.8 Å². The third-order valence-electron chi connectivity index (χ3n) is 9.52. The summed E-state index contributed by atoms with van der Waals surface area (Å²) < 4.78 is 67.9. The highest BCUT2D eigenvalue weighted by molar-refractivity contribution is 5.95. The quantitative estimate of drug-likeness (QED) is 0.114. The summed E-state index contributed by atoms with van der Waals surface area (Å²) in [6.45, 7) is -2.97. The number of aliphatic hydroxyl groups is 2. The molecule has 0 spiro atoms. The molecule has 1 saturated heterocycles. The van der Waals surface area contributed by atoms with Gasteiger partial charge in [-0.05, 0) is 46.5 Å². The van der Waals surface area contributed by atoms with Gasteiger partial charge >= 0.3 is 17.8 Å². The number of rotatable bonds is 15. The number of benzene rings is 4. The summed E-state index contributed by atoms with van der Waals surface area (Å²) in [7, 11) is 1.53. The van der Waals surface area contributed by atoms with E-state index >= 15 is 0 Å². The van der Waals surface area contributed by atoms with Crippen molar-refractivity contribution in [3.63, 3.8) is 0 Å². The maximum atomic E-state index is 13.9. The van der Waals surface area contributed by atoms with Crippen molar-refractivity contribution in [1.82, 2.24) is 9.13 Å². The van der Waals surface area contributed by atoms with Crippen LogP contribution in [0.5, 0.6) is 5.75 Å². The summed E-state index contributed by atoms with van der Waals surface area (Å²) in [4.78, 5) is 52.4. The summed E-state index contributed by atoms with van der Waals surface area (Å²) in [5.74, 6) is -1.60. The van der Waals surface area contributed by atoms with E-state index in [-0.39, 0.29) is 18.8 Å². The van der Waals surface area contributed by atoms with E-state index in [0.29, 0.717) is 32.6 Å². The van der Waals surface area contributed by atoms with Gasteiger partial charge in [-0.15, -0.1) is 0 Å². The van der Waals surface area contributed by atoms with Gasteiger partial charge in [0.1, 0.15) is 29.7 Å². The molecule has 16 heteroatoms. The molecule has 1 aromatic heterocycles. The van der Waals surface area contributed by atoms with E-state index in [0.717, 1.165) is 16.8 Å². The predicted octanol–water partition coefficient (Wildman–Crippen LogP) is 4.35. The number of carbonyl (C=O) groups excluding carboxylic acids is 2. The third kappa shape index (κ3) is 9.11. The predicted molar refractivity (Wildman–Crippen MR) is 200 cm³/mol. The molecule has 1 aliphatic heterocycles. The molecule has 2 N–H and O–H groups in total. The van der Waals surface area contributed by atoms with Gasteiger partial charge in [0, 0.05) is 17.8 Å². The van der Waals surface area contributed by atoms with Crippen LogP contribution in [0.2, 0.25) is 0 Å². The van der Waals surface area contributed by atoms with Crippen molar-refractivity contribution in [2.45, 2.75) is 49.3 Å². The molecule has 4 aromatic carbocycles. The van der Waals surface area contributed by atoms with E-state index in [9.17, 15) is 42.6 Å². The number of carbonyl (C=O) groups is 2. The van der Waals surface area contributed by atoms with Crippen LogP contribution in [-0.2, 0) is 35.9 Å². The summed E-state index contributed by atoms with van der Waals surface area (Å²) in [5.41, 5.74) is -0.895. The fourth-order valence-corrected chi connectivity index (χ4v) is 6.66. The molecule has 0 aliphatic carbocycles. The van der Waals surface area contributed by atoms with Crippen molar-refractivity contribution in [2.75, 3.05) is 26.9 Å². The summed E-state index contributed by atoms with van der Waals surface area (Å²) >= 11 is 0. The second kappa shape index (κ2) is 18.1. The molecule has 13 nitrogen and oxygen atoms in total. The second-order valence-electron chi connectivity index (χ2n) is 13.2. The Bertz CT molecular complexity index is 2230. The molecule has 2 heterocycles. The Morgan fingerprint density at radius 3 is 2.03 bits per heavy atom. The van der Waals surface area contributed by atoms with Crippen molar-refractivity contribution in [1.29, 1.82) is 0 Å². The molecule has 6 rings (SSSR count). The fraction of sp³-hybridized carbons (Fsp3) is 0.286. The zero-order valence-electron chi connectivity index (χ0n) is 31.0. The SMILES string of the molecule is COc1ccc(C(OC[C@H]2O[C@@H](n3ccc(=O)n(C(=O)c4ccccc4)c3=O)C(OCCC(=O)OCC(F)(F)F)[C@H]2O)(c2ccccc2)c2ccc(CO)cc2)cc1. The number of aromatic nitrogens is 2. The van der Waals surface area contributed by atoms with Crippen molar-refractivity contribution in [3.05, 3.63) is 170 Å². The lowest BCUT2D eigenvalue weighted by atomic mass is 9.79. The smallest absolute Gasteiger partial charge is 0.422 e. The third-order valence-corrected chi connectivity index (χ3v) is 9.52. The number of hydrogen-bond donors (Lipinski definition) is 2. The van der Waals surface area contributed by atoms with Crippen LogP contribution < -0.4 is 16.0 Å². The van der Waals surface area contributed by atoms with Gasteiger partial charge in [-0.2, -0.15) is 17.7 Å². The summed E-state index contributed by atoms with van der Waals surface area (Å²) in [5, 5.41) is 21.6. The van der Waals surface area contributed by atoms with Crippen LogP contribution >= 0.6 is 0 Å². The number of hydrogen-bond acceptors (Lipinski definition) is 11. The molecule has 0 bridgehead atoms. The first-order valence-electron chi connectivity index (χ1n) is 18.0. The number of esters is 1. The Hall–Kier alpha value is -5.91. The number of alkyl halides is 3. The van der Waals surface area contributed by atoms with Crippen LogP contribution in [-0.4, -0.2) is 82.6 Å². The Morgan fingerprint density at radius 1 is 0.828 bits per heavy atom. The zero-order valence-corrected chi connectivity index (χ0v) is 31.0. The van der Waals surface area contributed by atoms with Gasteiger partial charge in [0.25, 0.3) is 11.5 Å². The maximum absolute atomic E-state index is 13.9. The Kier molecular flexibility index (Phi) is 13.0. The Balaban J connectivity index is 1.38. The largest absolute Gasteiger partial charge is 0.497 e. The molecule has 1 aliphatic rings. The molecular weight excluding hydrogens is 765 g/mol. The molecule has 58 heavy (non-hydrogen) atoms. The van der Waals surface area contributed by atoms with E-state index < -0.39 is 79.1 Å². The summed E-state index contributed by atoms with van der Waals surface area (Å²) in [6, 6.07) is 31.8. The average molecular weight is 805 g/mol. The average Bonchev–Trinajstić information content (AvgIpc) is 3.54. The standard InChI is InChI=1S/C42H39F3N2O11/c1-54-32-18-16-31(17-19-32)42(29-10-6-3-7-11-29,30-14-12-27(24-48)13-15-30)57-25-33-36(51)37(55-23-21-35(50)56-26-41(43,44)45)39(58-33)46-22-20-34(49)47(40(46)53)38(52)28-8-4-2-5-9-28/h2-20,22,33,36-37,39,48,51H,21,23-26H2,1H3/t33-,36+,37?,39-,42?/m1/s1. The molecule has 1 fully saturated rings. The van der Waals surface area contributed by atoms with Gasteiger partial charge in [0.05, 0.1) is 33.4 Å². The molecule has 304 valence electrons. The molecule has 2 unspecified atom stereocenters. The lowest BCUT2D eigenvalue weighted by molar-refractivity contribution is -0.187. The number of nitrogens with zero attached hydrogens (tertiary/aromatic N) is 2. The first-order valence-corrected chi connectivity index (χ1v) is 18.0. The van der Waals surface area contributed by atoms with Crippen molar-refractivity contribution < 1.29 is 56.7 Å². The molecule has 0 amide bonds. The van der Waals surface area contributed by atoms with Crippen LogP contribution in [0.25, 0.3) is 0 Å². The monoisotopic (exact) mass is 804 g/mol. The van der Waals surface area contributed by atoms with Crippen LogP contribution in [0, 0.1) is 0 Å². The van der Waals surface area contributed by atoms with Gasteiger partial charge in [-0.1, -0.05) is 84.9 Å². The maximum Gasteiger partial charge on any atom is 0.422 e. The van der Waals surface area contributed by atoms with Crippen molar-refractivity contribution >= 4 is 11.9 Å². The van der Waals surface area contributed by atoms with Crippen LogP contribution in [0.15, 0.2) is 131 Å².